The largest absolute Gasteiger partial charge is 0.497 e. The van der Waals surface area contributed by atoms with Crippen LogP contribution in [0.2, 0.25) is 0 Å². The Balaban J connectivity index is 1.30. The molecule has 0 aliphatic carbocycles. The molecule has 2 heterocycles. The van der Waals surface area contributed by atoms with E-state index in [4.69, 9.17) is 9.47 Å². The smallest absolute Gasteiger partial charge is 0.208 e. The highest BCUT2D eigenvalue weighted by Crippen LogP contribution is 2.27. The number of aromatic nitrogens is 3. The molecule has 0 unspecified atom stereocenters. The van der Waals surface area contributed by atoms with Gasteiger partial charge in [-0.25, -0.2) is 4.98 Å². The van der Waals surface area contributed by atoms with Crippen molar-refractivity contribution in [3.8, 4) is 17.1 Å². The van der Waals surface area contributed by atoms with Crippen LogP contribution in [0.3, 0.4) is 0 Å². The number of hydrogen-bond donors (Lipinski definition) is 2. The predicted octanol–water partition coefficient (Wildman–Crippen LogP) is 3.33. The standard InChI is InChI=1S/C21H25N5O2S/c1-26(2)16-8-4-15(5-9-16)20-22-12-18(28-20)13-29-21-23-19(24-25-21)14-6-10-17(27-3)11-7-14/h4-11,18,20,22H,12-13H2,1-3H3,(H,23,24,25)/t18-,20+/m1/s1. The quantitative estimate of drug-likeness (QED) is 0.578. The van der Waals surface area contributed by atoms with Gasteiger partial charge >= 0.3 is 0 Å². The highest BCUT2D eigenvalue weighted by atomic mass is 32.2. The van der Waals surface area contributed by atoms with Crippen molar-refractivity contribution in [1.82, 2.24) is 20.5 Å². The minimum absolute atomic E-state index is 0.0705. The summed E-state index contributed by atoms with van der Waals surface area (Å²) in [6, 6.07) is 16.2. The van der Waals surface area contributed by atoms with Crippen molar-refractivity contribution in [3.63, 3.8) is 0 Å². The van der Waals surface area contributed by atoms with Gasteiger partial charge in [-0.3, -0.25) is 10.4 Å². The average Bonchev–Trinajstić information content (AvgIpc) is 3.42. The first-order valence-corrected chi connectivity index (χ1v) is 10.5. The number of rotatable bonds is 7. The summed E-state index contributed by atoms with van der Waals surface area (Å²) >= 11 is 1.59. The van der Waals surface area contributed by atoms with E-state index in [1.807, 2.05) is 38.4 Å². The van der Waals surface area contributed by atoms with Crippen molar-refractivity contribution >= 4 is 17.4 Å². The molecule has 1 saturated heterocycles. The van der Waals surface area contributed by atoms with Crippen LogP contribution < -0.4 is 15.0 Å². The van der Waals surface area contributed by atoms with Crippen LogP contribution in [0.1, 0.15) is 11.8 Å². The van der Waals surface area contributed by atoms with Gasteiger partial charge in [0.15, 0.2) is 5.82 Å². The molecule has 7 nitrogen and oxygen atoms in total. The zero-order valence-electron chi connectivity index (χ0n) is 16.8. The Hall–Kier alpha value is -2.55. The zero-order chi connectivity index (χ0) is 20.2. The van der Waals surface area contributed by atoms with Gasteiger partial charge < -0.3 is 14.4 Å². The lowest BCUT2D eigenvalue weighted by atomic mass is 10.2. The summed E-state index contributed by atoms with van der Waals surface area (Å²) < 4.78 is 11.4. The Bertz CT molecular complexity index is 927. The van der Waals surface area contributed by atoms with Gasteiger partial charge in [-0.2, -0.15) is 0 Å². The molecule has 2 atom stereocenters. The van der Waals surface area contributed by atoms with E-state index in [1.54, 1.807) is 18.9 Å². The fraction of sp³-hybridized carbons (Fsp3) is 0.333. The van der Waals surface area contributed by atoms with Crippen LogP contribution in [-0.4, -0.2) is 54.8 Å². The molecular formula is C21H25N5O2S. The number of benzene rings is 2. The van der Waals surface area contributed by atoms with E-state index in [1.165, 1.54) is 5.69 Å². The van der Waals surface area contributed by atoms with E-state index >= 15 is 0 Å². The number of ether oxygens (including phenoxy) is 2. The van der Waals surface area contributed by atoms with Crippen LogP contribution in [-0.2, 0) is 4.74 Å². The first-order chi connectivity index (χ1) is 14.1. The molecule has 0 bridgehead atoms. The number of anilines is 1. The molecule has 0 spiro atoms. The molecule has 4 rings (SSSR count). The second-order valence-corrected chi connectivity index (χ2v) is 8.03. The summed E-state index contributed by atoms with van der Waals surface area (Å²) in [6.45, 7) is 0.808. The number of hydrogen-bond acceptors (Lipinski definition) is 7. The number of methoxy groups -OCH3 is 1. The van der Waals surface area contributed by atoms with E-state index in [9.17, 15) is 0 Å². The summed E-state index contributed by atoms with van der Waals surface area (Å²) in [5.74, 6) is 2.36. The second kappa shape index (κ2) is 8.86. The summed E-state index contributed by atoms with van der Waals surface area (Å²) in [5, 5.41) is 11.5. The van der Waals surface area contributed by atoms with Gasteiger partial charge in [0, 0.05) is 37.6 Å². The fourth-order valence-electron chi connectivity index (χ4n) is 3.13. The normalized spacial score (nSPS) is 18.7. The maximum atomic E-state index is 6.16. The van der Waals surface area contributed by atoms with Crippen molar-refractivity contribution in [3.05, 3.63) is 54.1 Å². The average molecular weight is 412 g/mol. The molecule has 2 aromatic carbocycles. The molecule has 1 aliphatic heterocycles. The number of nitrogens with zero attached hydrogens (tertiary/aromatic N) is 3. The molecule has 1 aromatic heterocycles. The molecule has 0 radical (unpaired) electrons. The fourth-order valence-corrected chi connectivity index (χ4v) is 3.92. The van der Waals surface area contributed by atoms with Crippen molar-refractivity contribution in [2.24, 2.45) is 0 Å². The molecule has 3 aromatic rings. The molecule has 0 amide bonds. The maximum absolute atomic E-state index is 6.16. The third kappa shape index (κ3) is 4.72. The van der Waals surface area contributed by atoms with Crippen LogP contribution >= 0.6 is 11.8 Å². The lowest BCUT2D eigenvalue weighted by molar-refractivity contribution is 0.0534. The molecular weight excluding hydrogens is 386 g/mol. The van der Waals surface area contributed by atoms with E-state index in [-0.39, 0.29) is 12.3 Å². The van der Waals surface area contributed by atoms with Crippen LogP contribution in [0, 0.1) is 0 Å². The summed E-state index contributed by atoms with van der Waals surface area (Å²) in [5.41, 5.74) is 3.30. The van der Waals surface area contributed by atoms with Gasteiger partial charge in [0.05, 0.1) is 13.2 Å². The number of thioether (sulfide) groups is 1. The topological polar surface area (TPSA) is 75.3 Å². The van der Waals surface area contributed by atoms with E-state index in [0.29, 0.717) is 0 Å². The molecule has 152 valence electrons. The predicted molar refractivity (Wildman–Crippen MR) is 115 cm³/mol. The van der Waals surface area contributed by atoms with Gasteiger partial charge in [-0.1, -0.05) is 23.9 Å². The Morgan fingerprint density at radius 3 is 2.59 bits per heavy atom. The second-order valence-electron chi connectivity index (χ2n) is 7.04. The van der Waals surface area contributed by atoms with Crippen molar-refractivity contribution in [1.29, 1.82) is 0 Å². The van der Waals surface area contributed by atoms with Crippen molar-refractivity contribution in [2.75, 3.05) is 38.4 Å². The molecule has 2 N–H and O–H groups in total. The van der Waals surface area contributed by atoms with Gasteiger partial charge in [-0.15, -0.1) is 5.10 Å². The maximum Gasteiger partial charge on any atom is 0.208 e. The summed E-state index contributed by atoms with van der Waals surface area (Å²) in [7, 11) is 5.73. The molecule has 8 heteroatoms. The first kappa shape index (κ1) is 19.8. The Morgan fingerprint density at radius 2 is 1.90 bits per heavy atom. The third-order valence-electron chi connectivity index (χ3n) is 4.80. The van der Waals surface area contributed by atoms with Gasteiger partial charge in [0.1, 0.15) is 12.0 Å². The lowest BCUT2D eigenvalue weighted by Crippen LogP contribution is -2.17. The summed E-state index contributed by atoms with van der Waals surface area (Å²) in [6.07, 6.45) is 0.0419. The Morgan fingerprint density at radius 1 is 1.14 bits per heavy atom. The third-order valence-corrected chi connectivity index (χ3v) is 5.78. The monoisotopic (exact) mass is 411 g/mol. The van der Waals surface area contributed by atoms with Crippen molar-refractivity contribution < 1.29 is 9.47 Å². The van der Waals surface area contributed by atoms with Crippen LogP contribution in [0.25, 0.3) is 11.4 Å². The van der Waals surface area contributed by atoms with Gasteiger partial charge in [0.2, 0.25) is 5.16 Å². The van der Waals surface area contributed by atoms with Crippen LogP contribution in [0.4, 0.5) is 5.69 Å². The van der Waals surface area contributed by atoms with Gasteiger partial charge in [0.25, 0.3) is 0 Å². The minimum atomic E-state index is -0.0705. The SMILES string of the molecule is COc1ccc(-c2nc(SC[C@H]3CN[C@H](c4ccc(N(C)C)cc4)O3)n[nH]2)cc1. The summed E-state index contributed by atoms with van der Waals surface area (Å²) in [4.78, 5) is 6.66. The van der Waals surface area contributed by atoms with E-state index in [0.717, 1.165) is 40.2 Å². The molecule has 1 fully saturated rings. The Kier molecular flexibility index (Phi) is 6.03. The van der Waals surface area contributed by atoms with E-state index < -0.39 is 0 Å². The van der Waals surface area contributed by atoms with Gasteiger partial charge in [-0.05, 0) is 42.0 Å². The number of aromatic amines is 1. The molecule has 29 heavy (non-hydrogen) atoms. The first-order valence-electron chi connectivity index (χ1n) is 9.48. The molecule has 1 aliphatic rings. The Labute approximate surface area is 174 Å². The van der Waals surface area contributed by atoms with Crippen LogP contribution in [0.5, 0.6) is 5.75 Å². The zero-order valence-corrected chi connectivity index (χ0v) is 17.6. The molecule has 0 saturated carbocycles. The highest BCUT2D eigenvalue weighted by molar-refractivity contribution is 7.99. The highest BCUT2D eigenvalue weighted by Gasteiger charge is 2.26. The van der Waals surface area contributed by atoms with Crippen LogP contribution in [0.15, 0.2) is 53.7 Å². The number of nitrogens with one attached hydrogen (secondary N) is 2. The van der Waals surface area contributed by atoms with Crippen molar-refractivity contribution in [2.45, 2.75) is 17.5 Å². The lowest BCUT2D eigenvalue weighted by Gasteiger charge is -2.16. The minimum Gasteiger partial charge on any atom is -0.497 e. The van der Waals surface area contributed by atoms with E-state index in [2.05, 4.69) is 49.7 Å². The number of H-pyrrole nitrogens is 1.